The van der Waals surface area contributed by atoms with Crippen LogP contribution in [0.3, 0.4) is 0 Å². The average molecular weight is 405 g/mol. The van der Waals surface area contributed by atoms with E-state index >= 15 is 0 Å². The van der Waals surface area contributed by atoms with E-state index in [4.69, 9.17) is 11.6 Å². The van der Waals surface area contributed by atoms with Gasteiger partial charge in [-0.15, -0.1) is 6.58 Å². The zero-order valence-corrected chi connectivity index (χ0v) is 16.5. The average Bonchev–Trinajstić information content (AvgIpc) is 2.75. The van der Waals surface area contributed by atoms with E-state index in [-0.39, 0.29) is 0 Å². The molecule has 0 atom stereocenters. The van der Waals surface area contributed by atoms with Crippen molar-refractivity contribution in [1.29, 1.82) is 0 Å². The molecule has 3 heteroatoms. The molecule has 29 heavy (non-hydrogen) atoms. The number of halogens is 3. The Bertz CT molecular complexity index is 1170. The van der Waals surface area contributed by atoms with E-state index in [0.29, 0.717) is 5.56 Å². The molecule has 0 aliphatic carbocycles. The minimum atomic E-state index is -0.757. The Hall–Kier alpha value is -2.97. The SMILES string of the molecule is C=CCCc1ccc2cc(-c3ccc(-c4cc(F)c(Cl)c(F)c4)cc3)ccc2c1. The fourth-order valence-electron chi connectivity index (χ4n) is 3.48. The van der Waals surface area contributed by atoms with Crippen LogP contribution < -0.4 is 0 Å². The second-order valence-electron chi connectivity index (χ2n) is 7.05. The molecule has 0 bridgehead atoms. The second-order valence-corrected chi connectivity index (χ2v) is 7.43. The van der Waals surface area contributed by atoms with Crippen molar-refractivity contribution in [3.8, 4) is 22.3 Å². The zero-order chi connectivity index (χ0) is 20.4. The van der Waals surface area contributed by atoms with Crippen molar-refractivity contribution in [3.05, 3.63) is 108 Å². The first-order chi connectivity index (χ1) is 14.0. The van der Waals surface area contributed by atoms with Crippen molar-refractivity contribution >= 4 is 22.4 Å². The van der Waals surface area contributed by atoms with E-state index in [1.54, 1.807) is 0 Å². The Morgan fingerprint density at radius 3 is 1.90 bits per heavy atom. The van der Waals surface area contributed by atoms with Gasteiger partial charge in [0.05, 0.1) is 0 Å². The Balaban J connectivity index is 1.63. The molecule has 0 saturated heterocycles. The maximum absolute atomic E-state index is 13.7. The third kappa shape index (κ3) is 4.08. The normalized spacial score (nSPS) is 11.0. The van der Waals surface area contributed by atoms with Crippen LogP contribution in [0.25, 0.3) is 33.0 Å². The van der Waals surface area contributed by atoms with E-state index in [9.17, 15) is 8.78 Å². The topological polar surface area (TPSA) is 0 Å². The molecule has 4 aromatic carbocycles. The van der Waals surface area contributed by atoms with Gasteiger partial charge in [-0.2, -0.15) is 0 Å². The second kappa shape index (κ2) is 8.18. The van der Waals surface area contributed by atoms with E-state index in [0.717, 1.165) is 29.5 Å². The first-order valence-corrected chi connectivity index (χ1v) is 9.82. The van der Waals surface area contributed by atoms with Gasteiger partial charge in [-0.1, -0.05) is 72.3 Å². The molecular weight excluding hydrogens is 386 g/mol. The molecule has 0 spiro atoms. The van der Waals surface area contributed by atoms with Crippen LogP contribution in [0, 0.1) is 11.6 Å². The minimum Gasteiger partial charge on any atom is -0.205 e. The molecule has 4 rings (SSSR count). The first-order valence-electron chi connectivity index (χ1n) is 9.44. The summed E-state index contributed by atoms with van der Waals surface area (Å²) in [5, 5.41) is 1.91. The lowest BCUT2D eigenvalue weighted by Gasteiger charge is -2.08. The Kier molecular flexibility index (Phi) is 5.46. The fraction of sp³-hybridized carbons (Fsp3) is 0.0769. The summed E-state index contributed by atoms with van der Waals surface area (Å²) >= 11 is 5.57. The lowest BCUT2D eigenvalue weighted by molar-refractivity contribution is 0.585. The summed E-state index contributed by atoms with van der Waals surface area (Å²) in [7, 11) is 0. The highest BCUT2D eigenvalue weighted by molar-refractivity contribution is 6.31. The molecule has 0 unspecified atom stereocenters. The van der Waals surface area contributed by atoms with Gasteiger partial charge in [0.25, 0.3) is 0 Å². The first kappa shape index (κ1) is 19.4. The summed E-state index contributed by atoms with van der Waals surface area (Å²) in [5.41, 5.74) is 4.63. The summed E-state index contributed by atoms with van der Waals surface area (Å²) in [6, 6.07) is 23.0. The summed E-state index contributed by atoms with van der Waals surface area (Å²) < 4.78 is 27.5. The number of aryl methyl sites for hydroxylation is 1. The van der Waals surface area contributed by atoms with Crippen molar-refractivity contribution in [2.45, 2.75) is 12.8 Å². The highest BCUT2D eigenvalue weighted by Gasteiger charge is 2.10. The van der Waals surface area contributed by atoms with Crippen LogP contribution in [-0.2, 0) is 6.42 Å². The van der Waals surface area contributed by atoms with E-state index in [1.165, 1.54) is 28.5 Å². The predicted molar refractivity (Wildman–Crippen MR) is 118 cm³/mol. The van der Waals surface area contributed by atoms with E-state index in [1.807, 2.05) is 30.3 Å². The van der Waals surface area contributed by atoms with Crippen molar-refractivity contribution in [2.75, 3.05) is 0 Å². The highest BCUT2D eigenvalue weighted by Crippen LogP contribution is 2.30. The molecule has 0 saturated carbocycles. The maximum Gasteiger partial charge on any atom is 0.145 e. The number of hydrogen-bond donors (Lipinski definition) is 0. The third-order valence-corrected chi connectivity index (χ3v) is 5.44. The van der Waals surface area contributed by atoms with Gasteiger partial charge in [0.1, 0.15) is 16.7 Å². The quantitative estimate of drug-likeness (QED) is 0.232. The standard InChI is InChI=1S/C26H19ClF2/c1-2-3-4-17-5-6-22-14-21(12-11-20(22)13-17)18-7-9-19(10-8-18)23-15-24(28)26(27)25(29)16-23/h2,5-16H,1,3-4H2. The molecule has 0 heterocycles. The van der Waals surface area contributed by atoms with Crippen molar-refractivity contribution in [2.24, 2.45) is 0 Å². The smallest absolute Gasteiger partial charge is 0.145 e. The van der Waals surface area contributed by atoms with E-state index in [2.05, 4.69) is 43.0 Å². The molecular formula is C26H19ClF2. The zero-order valence-electron chi connectivity index (χ0n) is 15.8. The maximum atomic E-state index is 13.7. The third-order valence-electron chi connectivity index (χ3n) is 5.08. The summed E-state index contributed by atoms with van der Waals surface area (Å²) in [6.07, 6.45) is 3.90. The fourth-order valence-corrected chi connectivity index (χ4v) is 3.59. The van der Waals surface area contributed by atoms with Crippen LogP contribution in [0.1, 0.15) is 12.0 Å². The molecule has 144 valence electrons. The van der Waals surface area contributed by atoms with Crippen LogP contribution in [-0.4, -0.2) is 0 Å². The number of fused-ring (bicyclic) bond motifs is 1. The van der Waals surface area contributed by atoms with Gasteiger partial charge in [0.2, 0.25) is 0 Å². The predicted octanol–water partition coefficient (Wildman–Crippen LogP) is 8.22. The molecule has 0 amide bonds. The van der Waals surface area contributed by atoms with Crippen LogP contribution in [0.2, 0.25) is 5.02 Å². The van der Waals surface area contributed by atoms with Gasteiger partial charge >= 0.3 is 0 Å². The largest absolute Gasteiger partial charge is 0.205 e. The Labute approximate surface area is 174 Å². The number of rotatable bonds is 5. The minimum absolute atomic E-state index is 0.460. The summed E-state index contributed by atoms with van der Waals surface area (Å²) in [5.74, 6) is -1.51. The van der Waals surface area contributed by atoms with Crippen LogP contribution in [0.4, 0.5) is 8.78 Å². The van der Waals surface area contributed by atoms with Crippen molar-refractivity contribution in [3.63, 3.8) is 0 Å². The summed E-state index contributed by atoms with van der Waals surface area (Å²) in [6.45, 7) is 3.78. The van der Waals surface area contributed by atoms with Gasteiger partial charge in [0.15, 0.2) is 0 Å². The van der Waals surface area contributed by atoms with E-state index < -0.39 is 16.7 Å². The molecule has 0 aromatic heterocycles. The Morgan fingerprint density at radius 1 is 0.690 bits per heavy atom. The number of benzene rings is 4. The van der Waals surface area contributed by atoms with Crippen LogP contribution in [0.5, 0.6) is 0 Å². The van der Waals surface area contributed by atoms with Crippen molar-refractivity contribution in [1.82, 2.24) is 0 Å². The number of hydrogen-bond acceptors (Lipinski definition) is 0. The van der Waals surface area contributed by atoms with Gasteiger partial charge in [-0.05, 0) is 69.6 Å². The summed E-state index contributed by atoms with van der Waals surface area (Å²) in [4.78, 5) is 0. The van der Waals surface area contributed by atoms with Gasteiger partial charge in [-0.3, -0.25) is 0 Å². The van der Waals surface area contributed by atoms with Crippen molar-refractivity contribution < 1.29 is 8.78 Å². The lowest BCUT2D eigenvalue weighted by atomic mass is 9.97. The molecule has 0 radical (unpaired) electrons. The van der Waals surface area contributed by atoms with Crippen LogP contribution in [0.15, 0.2) is 85.5 Å². The molecule has 0 fully saturated rings. The molecule has 0 aliphatic heterocycles. The lowest BCUT2D eigenvalue weighted by Crippen LogP contribution is -1.88. The molecule has 0 nitrogen and oxygen atoms in total. The van der Waals surface area contributed by atoms with Gasteiger partial charge in [-0.25, -0.2) is 8.78 Å². The van der Waals surface area contributed by atoms with Gasteiger partial charge in [0, 0.05) is 0 Å². The Morgan fingerprint density at radius 2 is 1.24 bits per heavy atom. The van der Waals surface area contributed by atoms with Crippen LogP contribution >= 0.6 is 11.6 Å². The molecule has 0 N–H and O–H groups in total. The molecule has 4 aromatic rings. The highest BCUT2D eigenvalue weighted by atomic mass is 35.5. The number of allylic oxidation sites excluding steroid dienone is 1. The van der Waals surface area contributed by atoms with Gasteiger partial charge < -0.3 is 0 Å². The molecule has 0 aliphatic rings. The monoisotopic (exact) mass is 404 g/mol.